The molecule has 0 aliphatic heterocycles. The fraction of sp³-hybridized carbons (Fsp3) is 0.333. The summed E-state index contributed by atoms with van der Waals surface area (Å²) >= 11 is 0. The summed E-state index contributed by atoms with van der Waals surface area (Å²) in [5.74, 6) is 0.367. The number of amides is 2. The first-order valence-electron chi connectivity index (χ1n) is 12.9. The first kappa shape index (κ1) is 26.9. The Morgan fingerprint density at radius 3 is 2.42 bits per heavy atom. The van der Waals surface area contributed by atoms with Crippen LogP contribution in [0.3, 0.4) is 0 Å². The monoisotopic (exact) mass is 513 g/mol. The molecule has 2 amide bonds. The van der Waals surface area contributed by atoms with Crippen LogP contribution in [0.5, 0.6) is 5.75 Å². The van der Waals surface area contributed by atoms with Gasteiger partial charge < -0.3 is 10.1 Å². The first-order chi connectivity index (χ1) is 18.3. The Kier molecular flexibility index (Phi) is 8.41. The van der Waals surface area contributed by atoms with Crippen LogP contribution < -0.4 is 15.0 Å². The number of ether oxygens (including phenoxy) is 1. The van der Waals surface area contributed by atoms with Crippen LogP contribution in [-0.4, -0.2) is 40.5 Å². The van der Waals surface area contributed by atoms with Crippen molar-refractivity contribution in [2.24, 2.45) is 5.92 Å². The van der Waals surface area contributed by atoms with E-state index in [2.05, 4.69) is 29.5 Å². The van der Waals surface area contributed by atoms with Crippen molar-refractivity contribution in [2.75, 3.05) is 18.6 Å². The van der Waals surface area contributed by atoms with Crippen molar-refractivity contribution in [3.63, 3.8) is 0 Å². The van der Waals surface area contributed by atoms with Crippen LogP contribution in [0.15, 0.2) is 66.7 Å². The second kappa shape index (κ2) is 11.9. The van der Waals surface area contributed by atoms with Crippen LogP contribution in [0.1, 0.15) is 43.0 Å². The van der Waals surface area contributed by atoms with Gasteiger partial charge in [-0.25, -0.2) is 4.68 Å². The molecule has 0 radical (unpaired) electrons. The van der Waals surface area contributed by atoms with Crippen LogP contribution in [-0.2, 0) is 16.1 Å². The molecule has 1 aromatic heterocycles. The van der Waals surface area contributed by atoms with E-state index in [4.69, 9.17) is 4.74 Å². The number of carbonyl (C=O) groups is 2. The van der Waals surface area contributed by atoms with Gasteiger partial charge in [0.1, 0.15) is 23.9 Å². The Hall–Kier alpha value is -4.20. The molecule has 1 heterocycles. The fourth-order valence-electron chi connectivity index (χ4n) is 4.39. The van der Waals surface area contributed by atoms with Gasteiger partial charge in [0.15, 0.2) is 0 Å². The van der Waals surface area contributed by atoms with E-state index >= 15 is 0 Å². The number of carbonyl (C=O) groups excluding carboxylic acids is 2. The quantitative estimate of drug-likeness (QED) is 0.323. The summed E-state index contributed by atoms with van der Waals surface area (Å²) in [4.78, 5) is 29.6. The molecule has 1 N–H and O–H groups in total. The molecule has 0 saturated carbocycles. The number of hydrogen-bond acceptors (Lipinski definition) is 5. The highest BCUT2D eigenvalue weighted by Gasteiger charge is 2.35. The third-order valence-corrected chi connectivity index (χ3v) is 6.49. The molecule has 4 rings (SSSR count). The number of nitrogens with one attached hydrogen (secondary N) is 1. The number of nitrogens with zero attached hydrogens (tertiary/aromatic N) is 4. The molecule has 198 valence electrons. The highest BCUT2D eigenvalue weighted by molar-refractivity contribution is 6.02. The summed E-state index contributed by atoms with van der Waals surface area (Å²) in [6.45, 7) is 8.57. The van der Waals surface area contributed by atoms with Crippen molar-refractivity contribution in [3.8, 4) is 5.75 Å². The van der Waals surface area contributed by atoms with Crippen molar-refractivity contribution in [1.82, 2.24) is 20.3 Å². The average molecular weight is 514 g/mol. The number of anilines is 1. The zero-order valence-electron chi connectivity index (χ0n) is 22.6. The Morgan fingerprint density at radius 1 is 1.00 bits per heavy atom. The molecule has 3 aromatic carbocycles. The maximum absolute atomic E-state index is 14.2. The lowest BCUT2D eigenvalue weighted by Gasteiger charge is -2.33. The minimum atomic E-state index is -0.916. The van der Waals surface area contributed by atoms with E-state index in [1.807, 2.05) is 80.6 Å². The van der Waals surface area contributed by atoms with Crippen LogP contribution in [0.4, 0.5) is 5.69 Å². The number of hydrogen-bond donors (Lipinski definition) is 1. The van der Waals surface area contributed by atoms with Gasteiger partial charge in [-0.05, 0) is 61.6 Å². The van der Waals surface area contributed by atoms with E-state index in [0.29, 0.717) is 35.0 Å². The van der Waals surface area contributed by atoms with Crippen molar-refractivity contribution in [2.45, 2.75) is 46.7 Å². The topological polar surface area (TPSA) is 89.3 Å². The molecule has 0 saturated heterocycles. The van der Waals surface area contributed by atoms with Gasteiger partial charge in [0, 0.05) is 6.54 Å². The minimum Gasteiger partial charge on any atom is -0.495 e. The number of para-hydroxylation sites is 1. The maximum Gasteiger partial charge on any atom is 0.249 e. The lowest BCUT2D eigenvalue weighted by Crippen LogP contribution is -2.45. The molecule has 0 aliphatic rings. The zero-order chi connectivity index (χ0) is 27.2. The molecule has 38 heavy (non-hydrogen) atoms. The Labute approximate surface area is 223 Å². The van der Waals surface area contributed by atoms with Crippen LogP contribution in [0.25, 0.3) is 11.0 Å². The number of aryl methyl sites for hydroxylation is 2. The van der Waals surface area contributed by atoms with Crippen molar-refractivity contribution >= 4 is 28.5 Å². The third kappa shape index (κ3) is 6.02. The van der Waals surface area contributed by atoms with Crippen molar-refractivity contribution < 1.29 is 14.3 Å². The summed E-state index contributed by atoms with van der Waals surface area (Å²) in [5, 5.41) is 11.5. The van der Waals surface area contributed by atoms with Crippen molar-refractivity contribution in [1.29, 1.82) is 0 Å². The predicted octanol–water partition coefficient (Wildman–Crippen LogP) is 4.99. The summed E-state index contributed by atoms with van der Waals surface area (Å²) in [6, 6.07) is 19.9. The minimum absolute atomic E-state index is 0.0980. The molecule has 0 spiro atoms. The van der Waals surface area contributed by atoms with Gasteiger partial charge in [0.05, 0.1) is 18.3 Å². The number of benzene rings is 3. The second-order valence-corrected chi connectivity index (χ2v) is 9.96. The average Bonchev–Trinajstić information content (AvgIpc) is 3.30. The summed E-state index contributed by atoms with van der Waals surface area (Å²) in [5.41, 5.74) is 4.66. The Balaban J connectivity index is 1.83. The fourth-order valence-corrected chi connectivity index (χ4v) is 4.39. The van der Waals surface area contributed by atoms with E-state index in [1.54, 1.807) is 11.8 Å². The molecule has 1 atom stereocenters. The van der Waals surface area contributed by atoms with Crippen molar-refractivity contribution in [3.05, 3.63) is 83.4 Å². The molecule has 0 unspecified atom stereocenters. The highest BCUT2D eigenvalue weighted by atomic mass is 16.5. The van der Waals surface area contributed by atoms with Gasteiger partial charge in [0.2, 0.25) is 11.8 Å². The van der Waals surface area contributed by atoms with Gasteiger partial charge in [-0.2, -0.15) is 0 Å². The van der Waals surface area contributed by atoms with E-state index < -0.39 is 6.04 Å². The summed E-state index contributed by atoms with van der Waals surface area (Å²) in [7, 11) is 1.56. The Bertz CT molecular complexity index is 1410. The second-order valence-electron chi connectivity index (χ2n) is 9.96. The standard InChI is InChI=1S/C30H35N5O3/c1-20(2)16-17-31-30(37)29(23-13-10-21(3)11-14-23)35(26-18-22(4)12-15-27(26)38-5)28(36)19-34-25-9-7-6-8-24(25)32-33-34/h6-15,18,20,29H,16-17,19H2,1-5H3,(H,31,37)/t29-/m1/s1. The van der Waals surface area contributed by atoms with Crippen LogP contribution in [0.2, 0.25) is 0 Å². The predicted molar refractivity (Wildman–Crippen MR) is 149 cm³/mol. The van der Waals surface area contributed by atoms with Gasteiger partial charge in [-0.3, -0.25) is 14.5 Å². The van der Waals surface area contributed by atoms with E-state index in [0.717, 1.165) is 23.1 Å². The maximum atomic E-state index is 14.2. The molecule has 0 fully saturated rings. The van der Waals surface area contributed by atoms with Gasteiger partial charge in [0.25, 0.3) is 0 Å². The van der Waals surface area contributed by atoms with E-state index in [-0.39, 0.29) is 18.4 Å². The van der Waals surface area contributed by atoms with Gasteiger partial charge >= 0.3 is 0 Å². The van der Waals surface area contributed by atoms with Gasteiger partial charge in [-0.1, -0.05) is 67.1 Å². The molecular formula is C30H35N5O3. The molecule has 8 nitrogen and oxygen atoms in total. The largest absolute Gasteiger partial charge is 0.495 e. The number of rotatable bonds is 10. The number of fused-ring (bicyclic) bond motifs is 1. The molecule has 4 aromatic rings. The lowest BCUT2D eigenvalue weighted by atomic mass is 10.0. The number of methoxy groups -OCH3 is 1. The van der Waals surface area contributed by atoms with Crippen LogP contribution >= 0.6 is 0 Å². The molecule has 0 bridgehead atoms. The smallest absolute Gasteiger partial charge is 0.249 e. The first-order valence-corrected chi connectivity index (χ1v) is 12.9. The van der Waals surface area contributed by atoms with E-state index in [1.165, 1.54) is 4.90 Å². The zero-order valence-corrected chi connectivity index (χ0v) is 22.6. The summed E-state index contributed by atoms with van der Waals surface area (Å²) < 4.78 is 7.24. The highest BCUT2D eigenvalue weighted by Crippen LogP contribution is 2.36. The van der Waals surface area contributed by atoms with Crippen LogP contribution in [0, 0.1) is 19.8 Å². The molecular weight excluding hydrogens is 478 g/mol. The molecule has 0 aliphatic carbocycles. The Morgan fingerprint density at radius 2 is 1.71 bits per heavy atom. The molecule has 8 heteroatoms. The number of aromatic nitrogens is 3. The van der Waals surface area contributed by atoms with Gasteiger partial charge in [-0.15, -0.1) is 5.10 Å². The normalized spacial score (nSPS) is 11.9. The van der Waals surface area contributed by atoms with E-state index in [9.17, 15) is 9.59 Å². The summed E-state index contributed by atoms with van der Waals surface area (Å²) in [6.07, 6.45) is 0.832. The SMILES string of the molecule is COc1ccc(C)cc1N(C(=O)Cn1nnc2ccccc21)[C@@H](C(=O)NCCC(C)C)c1ccc(C)cc1. The third-order valence-electron chi connectivity index (χ3n) is 6.49. The lowest BCUT2D eigenvalue weighted by molar-refractivity contribution is -0.127.